The van der Waals surface area contributed by atoms with Crippen LogP contribution in [0.2, 0.25) is 20.1 Å². The van der Waals surface area contributed by atoms with E-state index in [1.807, 2.05) is 6.92 Å². The summed E-state index contributed by atoms with van der Waals surface area (Å²) in [7, 11) is -4.30. The monoisotopic (exact) mass is 683 g/mol. The van der Waals surface area contributed by atoms with Gasteiger partial charge in [-0.25, -0.2) is 8.42 Å². The quantitative estimate of drug-likeness (QED) is 0.238. The SMILES string of the molecule is Cc1ccc(S(=O)(=O)N(CC(=O)N(Cc2ccc(Cl)cc2Cl)[C@H](C)C(=O)NC2CCCCC2)c2cccc(Cl)c2Cl)cc1. The van der Waals surface area contributed by atoms with E-state index in [0.29, 0.717) is 15.6 Å². The van der Waals surface area contributed by atoms with Gasteiger partial charge < -0.3 is 10.2 Å². The Balaban J connectivity index is 1.73. The fourth-order valence-corrected chi connectivity index (χ4v) is 7.36. The zero-order chi connectivity index (χ0) is 31.3. The molecular formula is C31H33Cl4N3O4S. The van der Waals surface area contributed by atoms with Crippen LogP contribution in [0.15, 0.2) is 65.6 Å². The Morgan fingerprint density at radius 2 is 1.60 bits per heavy atom. The van der Waals surface area contributed by atoms with Crippen molar-refractivity contribution in [2.75, 3.05) is 10.8 Å². The molecule has 1 atom stereocenters. The first-order valence-corrected chi connectivity index (χ1v) is 16.9. The van der Waals surface area contributed by atoms with Crippen molar-refractivity contribution >= 4 is 73.9 Å². The number of nitrogens with zero attached hydrogens (tertiary/aromatic N) is 2. The van der Waals surface area contributed by atoms with Gasteiger partial charge >= 0.3 is 0 Å². The standard InChI is InChI=1S/C31H33Cl4N3O4S/c1-20-11-15-25(16-12-20)43(41,42)38(28-10-6-9-26(33)30(28)35)19-29(39)37(18-22-13-14-23(32)17-27(22)34)21(2)31(40)36-24-7-4-3-5-8-24/h6,9-17,21,24H,3-5,7-8,18-19H2,1-2H3,(H,36,40)/t21-/m1/s1. The number of carbonyl (C=O) groups excluding carboxylic acids is 2. The lowest BCUT2D eigenvalue weighted by Gasteiger charge is -2.33. The number of hydrogen-bond acceptors (Lipinski definition) is 4. The van der Waals surface area contributed by atoms with Crippen LogP contribution >= 0.6 is 46.4 Å². The lowest BCUT2D eigenvalue weighted by atomic mass is 9.95. The summed E-state index contributed by atoms with van der Waals surface area (Å²) >= 11 is 25.3. The molecule has 1 aliphatic carbocycles. The number of hydrogen-bond donors (Lipinski definition) is 1. The Morgan fingerprint density at radius 1 is 0.930 bits per heavy atom. The van der Waals surface area contributed by atoms with Crippen LogP contribution in [-0.2, 0) is 26.2 Å². The highest BCUT2D eigenvalue weighted by molar-refractivity contribution is 7.92. The maximum atomic E-state index is 14.2. The number of rotatable bonds is 10. The molecule has 3 aromatic rings. The second-order valence-electron chi connectivity index (χ2n) is 10.7. The molecule has 1 aliphatic rings. The molecule has 1 fully saturated rings. The molecule has 2 amide bonds. The lowest BCUT2D eigenvalue weighted by Crippen LogP contribution is -2.53. The minimum absolute atomic E-state index is 0.0171. The number of carbonyl (C=O) groups is 2. The number of anilines is 1. The highest BCUT2D eigenvalue weighted by Crippen LogP contribution is 2.36. The Morgan fingerprint density at radius 3 is 2.26 bits per heavy atom. The molecule has 230 valence electrons. The zero-order valence-electron chi connectivity index (χ0n) is 23.8. The molecule has 0 aliphatic heterocycles. The van der Waals surface area contributed by atoms with Crippen molar-refractivity contribution in [3.8, 4) is 0 Å². The molecule has 3 aromatic carbocycles. The number of halogens is 4. The van der Waals surface area contributed by atoms with Gasteiger partial charge in [-0.05, 0) is 68.7 Å². The summed E-state index contributed by atoms with van der Waals surface area (Å²) in [6.07, 6.45) is 4.90. The van der Waals surface area contributed by atoms with E-state index in [1.165, 1.54) is 29.2 Å². The maximum Gasteiger partial charge on any atom is 0.264 e. The molecule has 0 radical (unpaired) electrons. The van der Waals surface area contributed by atoms with E-state index in [1.54, 1.807) is 43.3 Å². The number of benzene rings is 3. The van der Waals surface area contributed by atoms with Crippen molar-refractivity contribution in [1.29, 1.82) is 0 Å². The summed E-state index contributed by atoms with van der Waals surface area (Å²) in [4.78, 5) is 28.9. The fraction of sp³-hybridized carbons (Fsp3) is 0.355. The summed E-state index contributed by atoms with van der Waals surface area (Å²) in [5.74, 6) is -0.969. The third-order valence-electron chi connectivity index (χ3n) is 7.56. The number of aryl methyl sites for hydroxylation is 1. The van der Waals surface area contributed by atoms with E-state index < -0.39 is 28.5 Å². The first-order chi connectivity index (χ1) is 20.4. The zero-order valence-corrected chi connectivity index (χ0v) is 27.7. The van der Waals surface area contributed by atoms with Gasteiger partial charge in [0.25, 0.3) is 10.0 Å². The van der Waals surface area contributed by atoms with E-state index in [2.05, 4.69) is 5.32 Å². The first-order valence-electron chi connectivity index (χ1n) is 14.0. The van der Waals surface area contributed by atoms with E-state index in [4.69, 9.17) is 46.4 Å². The van der Waals surface area contributed by atoms with E-state index in [9.17, 15) is 18.0 Å². The molecule has 0 bridgehead atoms. The molecule has 43 heavy (non-hydrogen) atoms. The van der Waals surface area contributed by atoms with Crippen LogP contribution < -0.4 is 9.62 Å². The lowest BCUT2D eigenvalue weighted by molar-refractivity contribution is -0.139. The second kappa shape index (κ2) is 14.5. The van der Waals surface area contributed by atoms with Gasteiger partial charge in [-0.3, -0.25) is 13.9 Å². The minimum Gasteiger partial charge on any atom is -0.352 e. The third-order valence-corrected chi connectivity index (χ3v) is 10.7. The fourth-order valence-electron chi connectivity index (χ4n) is 5.02. The van der Waals surface area contributed by atoms with Gasteiger partial charge in [-0.15, -0.1) is 0 Å². The highest BCUT2D eigenvalue weighted by atomic mass is 35.5. The van der Waals surface area contributed by atoms with Crippen LogP contribution in [0.3, 0.4) is 0 Å². The summed E-state index contributed by atoms with van der Waals surface area (Å²) in [5.41, 5.74) is 1.45. The predicted molar refractivity (Wildman–Crippen MR) is 174 cm³/mol. The van der Waals surface area contributed by atoms with Gasteiger partial charge in [0.1, 0.15) is 12.6 Å². The molecule has 0 aromatic heterocycles. The summed E-state index contributed by atoms with van der Waals surface area (Å²) in [6.45, 7) is 2.74. The van der Waals surface area contributed by atoms with Crippen LogP contribution in [0.25, 0.3) is 0 Å². The Hall–Kier alpha value is -2.49. The van der Waals surface area contributed by atoms with Crippen molar-refractivity contribution in [3.05, 3.63) is 91.9 Å². The number of nitrogens with one attached hydrogen (secondary N) is 1. The van der Waals surface area contributed by atoms with Crippen LogP contribution in [0.4, 0.5) is 5.69 Å². The molecule has 7 nitrogen and oxygen atoms in total. The average molecular weight is 686 g/mol. The smallest absolute Gasteiger partial charge is 0.264 e. The van der Waals surface area contributed by atoms with E-state index in [0.717, 1.165) is 42.0 Å². The Labute approximate surface area is 273 Å². The van der Waals surface area contributed by atoms with Gasteiger partial charge in [-0.1, -0.05) is 95.5 Å². The third kappa shape index (κ3) is 8.17. The van der Waals surface area contributed by atoms with Gasteiger partial charge in [0, 0.05) is 22.6 Å². The van der Waals surface area contributed by atoms with Gasteiger partial charge in [0.2, 0.25) is 11.8 Å². The largest absolute Gasteiger partial charge is 0.352 e. The van der Waals surface area contributed by atoms with E-state index in [-0.39, 0.29) is 39.1 Å². The molecule has 12 heteroatoms. The van der Waals surface area contributed by atoms with Crippen LogP contribution in [0.1, 0.15) is 50.2 Å². The van der Waals surface area contributed by atoms with E-state index >= 15 is 0 Å². The normalized spacial score (nSPS) is 14.7. The predicted octanol–water partition coefficient (Wildman–Crippen LogP) is 7.67. The van der Waals surface area contributed by atoms with Crippen molar-refractivity contribution in [3.63, 3.8) is 0 Å². The van der Waals surface area contributed by atoms with Crippen molar-refractivity contribution in [2.24, 2.45) is 0 Å². The first kappa shape index (κ1) is 33.4. The molecule has 0 spiro atoms. The minimum atomic E-state index is -4.30. The summed E-state index contributed by atoms with van der Waals surface area (Å²) < 4.78 is 29.0. The molecule has 0 unspecified atom stereocenters. The molecule has 4 rings (SSSR count). The molecule has 0 heterocycles. The molecular weight excluding hydrogens is 652 g/mol. The van der Waals surface area contributed by atoms with Crippen molar-refractivity contribution < 1.29 is 18.0 Å². The average Bonchev–Trinajstić information content (AvgIpc) is 2.97. The molecule has 1 saturated carbocycles. The summed E-state index contributed by atoms with van der Waals surface area (Å²) in [6, 6.07) is 14.7. The van der Waals surface area contributed by atoms with Gasteiger partial charge in [0.05, 0.1) is 20.6 Å². The Kier molecular flexibility index (Phi) is 11.3. The van der Waals surface area contributed by atoms with Gasteiger partial charge in [-0.2, -0.15) is 0 Å². The Bertz CT molecular complexity index is 1580. The van der Waals surface area contributed by atoms with Crippen LogP contribution in [0, 0.1) is 6.92 Å². The van der Waals surface area contributed by atoms with Gasteiger partial charge in [0.15, 0.2) is 0 Å². The molecule has 0 saturated heterocycles. The van der Waals surface area contributed by atoms with Crippen molar-refractivity contribution in [2.45, 2.75) is 69.5 Å². The summed E-state index contributed by atoms with van der Waals surface area (Å²) in [5, 5.41) is 3.90. The van der Waals surface area contributed by atoms with Crippen LogP contribution in [0.5, 0.6) is 0 Å². The number of sulfonamides is 1. The number of amides is 2. The second-order valence-corrected chi connectivity index (χ2v) is 14.2. The molecule has 1 N–H and O–H groups in total. The van der Waals surface area contributed by atoms with Crippen LogP contribution in [-0.4, -0.2) is 43.8 Å². The van der Waals surface area contributed by atoms with Crippen molar-refractivity contribution in [1.82, 2.24) is 10.2 Å². The topological polar surface area (TPSA) is 86.8 Å². The maximum absolute atomic E-state index is 14.2. The highest BCUT2D eigenvalue weighted by Gasteiger charge is 2.34.